The van der Waals surface area contributed by atoms with E-state index in [-0.39, 0.29) is 17.6 Å². The summed E-state index contributed by atoms with van der Waals surface area (Å²) in [4.78, 5) is 24.1. The van der Waals surface area contributed by atoms with E-state index in [2.05, 4.69) is 10.6 Å². The van der Waals surface area contributed by atoms with Crippen molar-refractivity contribution in [1.29, 1.82) is 0 Å². The van der Waals surface area contributed by atoms with E-state index in [0.29, 0.717) is 18.5 Å². The molecule has 2 amide bonds. The number of amides is 2. The van der Waals surface area contributed by atoms with E-state index in [0.717, 1.165) is 11.1 Å². The third kappa shape index (κ3) is 4.84. The number of phenols is 1. The summed E-state index contributed by atoms with van der Waals surface area (Å²) >= 11 is 0. The maximum Gasteiger partial charge on any atom is 0.251 e. The number of rotatable bonds is 6. The molecule has 0 saturated carbocycles. The second-order valence-electron chi connectivity index (χ2n) is 5.72. The number of carbonyl (C=O) groups excluding carboxylic acids is 2. The molecule has 0 saturated heterocycles. The summed E-state index contributed by atoms with van der Waals surface area (Å²) in [7, 11) is 0. The molecule has 0 bridgehead atoms. The third-order valence-electron chi connectivity index (χ3n) is 3.75. The van der Waals surface area contributed by atoms with Gasteiger partial charge in [-0.3, -0.25) is 9.59 Å². The van der Waals surface area contributed by atoms with Crippen molar-refractivity contribution in [2.45, 2.75) is 26.3 Å². The van der Waals surface area contributed by atoms with Gasteiger partial charge in [0.2, 0.25) is 5.91 Å². The predicted molar refractivity (Wildman–Crippen MR) is 92.9 cm³/mol. The Labute approximate surface area is 141 Å². The van der Waals surface area contributed by atoms with Crippen LogP contribution in [0.1, 0.15) is 28.4 Å². The van der Waals surface area contributed by atoms with Crippen LogP contribution in [0.15, 0.2) is 48.5 Å². The molecule has 2 aromatic carbocycles. The number of phenolic OH excluding ortho intramolecular Hbond substituents is 1. The Bertz CT molecular complexity index is 714. The number of aryl methyl sites for hydroxylation is 1. The van der Waals surface area contributed by atoms with Crippen LogP contribution < -0.4 is 10.6 Å². The minimum absolute atomic E-state index is 0.227. The highest BCUT2D eigenvalue weighted by molar-refractivity contribution is 5.97. The van der Waals surface area contributed by atoms with Crippen LogP contribution >= 0.6 is 0 Å². The van der Waals surface area contributed by atoms with E-state index in [1.54, 1.807) is 37.3 Å². The van der Waals surface area contributed by atoms with Crippen molar-refractivity contribution in [2.24, 2.45) is 0 Å². The molecule has 1 atom stereocenters. The number of benzene rings is 2. The molecule has 0 radical (unpaired) electrons. The molecule has 0 fully saturated rings. The van der Waals surface area contributed by atoms with E-state index in [1.165, 1.54) is 0 Å². The highest BCUT2D eigenvalue weighted by Crippen LogP contribution is 2.16. The fourth-order valence-electron chi connectivity index (χ4n) is 2.29. The topological polar surface area (TPSA) is 78.4 Å². The van der Waals surface area contributed by atoms with Gasteiger partial charge in [-0.25, -0.2) is 0 Å². The molecule has 2 rings (SSSR count). The molecule has 5 nitrogen and oxygen atoms in total. The van der Waals surface area contributed by atoms with E-state index >= 15 is 0 Å². The molecule has 0 heterocycles. The zero-order chi connectivity index (χ0) is 17.5. The number of nitrogens with one attached hydrogen (secondary N) is 2. The molecule has 3 N–H and O–H groups in total. The van der Waals surface area contributed by atoms with E-state index in [1.807, 2.05) is 25.1 Å². The van der Waals surface area contributed by atoms with Gasteiger partial charge in [-0.1, -0.05) is 30.3 Å². The minimum Gasteiger partial charge on any atom is -0.508 e. The van der Waals surface area contributed by atoms with Gasteiger partial charge in [-0.05, 0) is 49.6 Å². The zero-order valence-electron chi connectivity index (χ0n) is 13.9. The first-order chi connectivity index (χ1) is 11.5. The quantitative estimate of drug-likeness (QED) is 0.761. The van der Waals surface area contributed by atoms with Gasteiger partial charge in [0.25, 0.3) is 5.91 Å². The molecular formula is C19H22N2O3. The van der Waals surface area contributed by atoms with Crippen LogP contribution in [-0.4, -0.2) is 29.5 Å². The molecule has 2 aromatic rings. The van der Waals surface area contributed by atoms with Crippen molar-refractivity contribution in [1.82, 2.24) is 10.6 Å². The summed E-state index contributed by atoms with van der Waals surface area (Å²) in [5.74, 6) is -0.234. The van der Waals surface area contributed by atoms with E-state index < -0.39 is 6.04 Å². The highest BCUT2D eigenvalue weighted by atomic mass is 16.3. The third-order valence-corrected chi connectivity index (χ3v) is 3.75. The van der Waals surface area contributed by atoms with Crippen molar-refractivity contribution in [3.05, 3.63) is 65.2 Å². The van der Waals surface area contributed by atoms with Gasteiger partial charge in [0.15, 0.2) is 0 Å². The van der Waals surface area contributed by atoms with Gasteiger partial charge in [0.1, 0.15) is 11.8 Å². The Morgan fingerprint density at radius 2 is 1.83 bits per heavy atom. The summed E-state index contributed by atoms with van der Waals surface area (Å²) in [6.07, 6.45) is 0.659. The Kier molecular flexibility index (Phi) is 5.95. The standard InChI is InChI=1S/C19H22N2O3/c1-13-12-15(8-9-17(13)22)10-11-20-18(23)14(2)21-19(24)16-6-4-3-5-7-16/h3-9,12,14,22H,10-11H2,1-2H3,(H,20,23)(H,21,24). The molecule has 0 aromatic heterocycles. The van der Waals surface area contributed by atoms with E-state index in [9.17, 15) is 14.7 Å². The lowest BCUT2D eigenvalue weighted by Gasteiger charge is -2.14. The maximum atomic E-state index is 12.1. The average Bonchev–Trinajstić information content (AvgIpc) is 2.58. The first-order valence-electron chi connectivity index (χ1n) is 7.89. The summed E-state index contributed by atoms with van der Waals surface area (Å²) in [5.41, 5.74) is 2.37. The summed E-state index contributed by atoms with van der Waals surface area (Å²) < 4.78 is 0. The second kappa shape index (κ2) is 8.15. The normalized spacial score (nSPS) is 11.6. The van der Waals surface area contributed by atoms with Gasteiger partial charge >= 0.3 is 0 Å². The molecular weight excluding hydrogens is 304 g/mol. The van der Waals surface area contributed by atoms with Crippen molar-refractivity contribution in [3.8, 4) is 5.75 Å². The lowest BCUT2D eigenvalue weighted by atomic mass is 10.1. The summed E-state index contributed by atoms with van der Waals surface area (Å²) in [6.45, 7) is 3.95. The van der Waals surface area contributed by atoms with Crippen LogP contribution in [0.25, 0.3) is 0 Å². The Balaban J connectivity index is 1.79. The summed E-state index contributed by atoms with van der Waals surface area (Å²) in [5, 5.41) is 15.0. The first kappa shape index (κ1) is 17.5. The molecule has 24 heavy (non-hydrogen) atoms. The fourth-order valence-corrected chi connectivity index (χ4v) is 2.29. The minimum atomic E-state index is -0.612. The van der Waals surface area contributed by atoms with Crippen LogP contribution in [-0.2, 0) is 11.2 Å². The molecule has 1 unspecified atom stereocenters. The monoisotopic (exact) mass is 326 g/mol. The molecule has 126 valence electrons. The van der Waals surface area contributed by atoms with Crippen molar-refractivity contribution >= 4 is 11.8 Å². The number of carbonyl (C=O) groups is 2. The Morgan fingerprint density at radius 1 is 1.12 bits per heavy atom. The highest BCUT2D eigenvalue weighted by Gasteiger charge is 2.15. The first-order valence-corrected chi connectivity index (χ1v) is 7.89. The van der Waals surface area contributed by atoms with Gasteiger partial charge in [0, 0.05) is 12.1 Å². The van der Waals surface area contributed by atoms with Crippen LogP contribution in [0.3, 0.4) is 0 Å². The predicted octanol–water partition coefficient (Wildman–Crippen LogP) is 2.18. The van der Waals surface area contributed by atoms with Crippen LogP contribution in [0, 0.1) is 6.92 Å². The lowest BCUT2D eigenvalue weighted by Crippen LogP contribution is -2.45. The van der Waals surface area contributed by atoms with Gasteiger partial charge in [0.05, 0.1) is 0 Å². The zero-order valence-corrected chi connectivity index (χ0v) is 13.9. The van der Waals surface area contributed by atoms with Crippen LogP contribution in [0.2, 0.25) is 0 Å². The Morgan fingerprint density at radius 3 is 2.50 bits per heavy atom. The number of aromatic hydroxyl groups is 1. The van der Waals surface area contributed by atoms with Gasteiger partial charge in [-0.2, -0.15) is 0 Å². The second-order valence-corrected chi connectivity index (χ2v) is 5.72. The summed E-state index contributed by atoms with van der Waals surface area (Å²) in [6, 6.07) is 13.5. The van der Waals surface area contributed by atoms with Crippen molar-refractivity contribution < 1.29 is 14.7 Å². The van der Waals surface area contributed by atoms with Gasteiger partial charge < -0.3 is 15.7 Å². The van der Waals surface area contributed by atoms with Gasteiger partial charge in [-0.15, -0.1) is 0 Å². The van der Waals surface area contributed by atoms with Crippen LogP contribution in [0.4, 0.5) is 0 Å². The number of hydrogen-bond acceptors (Lipinski definition) is 3. The SMILES string of the molecule is Cc1cc(CCNC(=O)C(C)NC(=O)c2ccccc2)ccc1O. The van der Waals surface area contributed by atoms with Crippen LogP contribution in [0.5, 0.6) is 5.75 Å². The lowest BCUT2D eigenvalue weighted by molar-refractivity contribution is -0.122. The smallest absolute Gasteiger partial charge is 0.251 e. The average molecular weight is 326 g/mol. The van der Waals surface area contributed by atoms with Crippen molar-refractivity contribution in [2.75, 3.05) is 6.54 Å². The van der Waals surface area contributed by atoms with E-state index in [4.69, 9.17) is 0 Å². The largest absolute Gasteiger partial charge is 0.508 e. The molecule has 5 heteroatoms. The fraction of sp³-hybridized carbons (Fsp3) is 0.263. The number of hydrogen-bond donors (Lipinski definition) is 3. The Hall–Kier alpha value is -2.82. The molecule has 0 aliphatic heterocycles. The molecule has 0 spiro atoms. The maximum absolute atomic E-state index is 12.1. The molecule has 0 aliphatic carbocycles. The molecule has 0 aliphatic rings. The van der Waals surface area contributed by atoms with Crippen molar-refractivity contribution in [3.63, 3.8) is 0 Å².